The minimum absolute atomic E-state index is 0.120. The minimum Gasteiger partial charge on any atom is -0.322 e. The van der Waals surface area contributed by atoms with Crippen LogP contribution in [0.5, 0.6) is 0 Å². The van der Waals surface area contributed by atoms with Crippen LogP contribution in [0.1, 0.15) is 17.3 Å². The molecule has 0 saturated carbocycles. The first kappa shape index (κ1) is 11.9. The van der Waals surface area contributed by atoms with Gasteiger partial charge in [-0.2, -0.15) is 0 Å². The highest BCUT2D eigenvalue weighted by atomic mass is 35.5. The van der Waals surface area contributed by atoms with Crippen LogP contribution in [-0.4, -0.2) is 4.98 Å². The van der Waals surface area contributed by atoms with Gasteiger partial charge in [0.2, 0.25) is 0 Å². The van der Waals surface area contributed by atoms with Gasteiger partial charge in [0.15, 0.2) is 0 Å². The van der Waals surface area contributed by atoms with Gasteiger partial charge in [-0.3, -0.25) is 0 Å². The fraction of sp³-hybridized carbons (Fsp3) is 0.182. The zero-order chi connectivity index (χ0) is 11.5. The lowest BCUT2D eigenvalue weighted by atomic mass is 10.0. The molecule has 0 amide bonds. The summed E-state index contributed by atoms with van der Waals surface area (Å²) in [5.41, 5.74) is 9.70. The first-order chi connectivity index (χ1) is 7.66. The molecule has 0 bridgehead atoms. The molecule has 84 valence electrons. The average Bonchev–Trinajstić information content (AvgIpc) is 2.75. The van der Waals surface area contributed by atoms with Crippen LogP contribution in [0, 0.1) is 0 Å². The van der Waals surface area contributed by atoms with Crippen LogP contribution in [0.15, 0.2) is 29.1 Å². The Labute approximate surface area is 108 Å². The summed E-state index contributed by atoms with van der Waals surface area (Å²) in [6.45, 7) is 0. The lowest BCUT2D eigenvalue weighted by molar-refractivity contribution is 0.702. The maximum absolute atomic E-state index is 6.08. The lowest BCUT2D eigenvalue weighted by Gasteiger charge is -2.10. The molecule has 1 heterocycles. The van der Waals surface area contributed by atoms with Gasteiger partial charge in [-0.1, -0.05) is 29.3 Å². The third-order valence-corrected chi connectivity index (χ3v) is 3.48. The number of thiazole rings is 1. The molecule has 2 rings (SSSR count). The number of nitrogens with two attached hydrogens (primary N) is 1. The first-order valence-corrected chi connectivity index (χ1v) is 6.44. The van der Waals surface area contributed by atoms with Crippen LogP contribution in [0.25, 0.3) is 0 Å². The van der Waals surface area contributed by atoms with Gasteiger partial charge in [-0.25, -0.2) is 4.98 Å². The molecule has 1 atom stereocenters. The number of hydrogen-bond donors (Lipinski definition) is 1. The summed E-state index contributed by atoms with van der Waals surface area (Å²) in [7, 11) is 0. The summed E-state index contributed by atoms with van der Waals surface area (Å²) in [6, 6.07) is 5.32. The van der Waals surface area contributed by atoms with E-state index >= 15 is 0 Å². The number of halogens is 2. The predicted octanol–water partition coefficient (Wildman–Crippen LogP) is 3.69. The van der Waals surface area contributed by atoms with E-state index in [1.54, 1.807) is 11.6 Å². The summed E-state index contributed by atoms with van der Waals surface area (Å²) in [4.78, 5) is 4.18. The van der Waals surface area contributed by atoms with Crippen LogP contribution in [0.2, 0.25) is 10.0 Å². The Hall–Kier alpha value is -0.610. The largest absolute Gasteiger partial charge is 0.322 e. The van der Waals surface area contributed by atoms with Crippen molar-refractivity contribution in [3.63, 3.8) is 0 Å². The number of nitrogens with zero attached hydrogens (tertiary/aromatic N) is 1. The molecule has 1 unspecified atom stereocenters. The summed E-state index contributed by atoms with van der Waals surface area (Å²) in [6.07, 6.45) is 0.666. The Morgan fingerprint density at radius 1 is 1.38 bits per heavy atom. The van der Waals surface area contributed by atoms with Gasteiger partial charge in [-0.05, 0) is 24.1 Å². The molecule has 0 aliphatic rings. The van der Waals surface area contributed by atoms with Crippen molar-refractivity contribution in [2.45, 2.75) is 12.5 Å². The summed E-state index contributed by atoms with van der Waals surface area (Å²) < 4.78 is 0. The van der Waals surface area contributed by atoms with E-state index in [9.17, 15) is 0 Å². The van der Waals surface area contributed by atoms with E-state index in [1.165, 1.54) is 11.3 Å². The molecule has 2 nitrogen and oxygen atoms in total. The molecule has 0 saturated heterocycles. The van der Waals surface area contributed by atoms with Gasteiger partial charge in [0, 0.05) is 15.4 Å². The van der Waals surface area contributed by atoms with Gasteiger partial charge in [-0.15, -0.1) is 11.3 Å². The Morgan fingerprint density at radius 3 is 2.81 bits per heavy atom. The van der Waals surface area contributed by atoms with E-state index in [4.69, 9.17) is 28.9 Å². The summed E-state index contributed by atoms with van der Waals surface area (Å²) >= 11 is 13.4. The van der Waals surface area contributed by atoms with E-state index in [-0.39, 0.29) is 6.04 Å². The molecule has 0 aliphatic carbocycles. The third kappa shape index (κ3) is 2.74. The molecule has 0 aliphatic heterocycles. The van der Waals surface area contributed by atoms with Crippen molar-refractivity contribution in [1.29, 1.82) is 0 Å². The number of rotatable bonds is 3. The average molecular weight is 273 g/mol. The Morgan fingerprint density at radius 2 is 2.19 bits per heavy atom. The van der Waals surface area contributed by atoms with Crippen LogP contribution < -0.4 is 5.73 Å². The van der Waals surface area contributed by atoms with Crippen molar-refractivity contribution < 1.29 is 0 Å². The topological polar surface area (TPSA) is 38.9 Å². The molecule has 2 aromatic rings. The van der Waals surface area contributed by atoms with Gasteiger partial charge < -0.3 is 5.73 Å². The van der Waals surface area contributed by atoms with Crippen LogP contribution in [0.4, 0.5) is 0 Å². The second kappa shape index (κ2) is 5.15. The standard InChI is InChI=1S/C11H10Cl2N2S/c12-8-2-1-7(9(13)4-8)3-10(14)11-5-16-6-15-11/h1-2,4-6,10H,3,14H2. The highest BCUT2D eigenvalue weighted by Crippen LogP contribution is 2.25. The lowest BCUT2D eigenvalue weighted by Crippen LogP contribution is -2.13. The molecule has 16 heavy (non-hydrogen) atoms. The van der Waals surface area contributed by atoms with Crippen molar-refractivity contribution in [2.75, 3.05) is 0 Å². The van der Waals surface area contributed by atoms with Crippen LogP contribution >= 0.6 is 34.5 Å². The number of aromatic nitrogens is 1. The van der Waals surface area contributed by atoms with E-state index < -0.39 is 0 Å². The van der Waals surface area contributed by atoms with Gasteiger partial charge in [0.1, 0.15) is 0 Å². The van der Waals surface area contributed by atoms with Gasteiger partial charge >= 0.3 is 0 Å². The number of hydrogen-bond acceptors (Lipinski definition) is 3. The second-order valence-corrected chi connectivity index (χ2v) is 5.02. The molecule has 0 radical (unpaired) electrons. The van der Waals surface area contributed by atoms with E-state index in [2.05, 4.69) is 4.98 Å². The molecule has 1 aromatic carbocycles. The maximum atomic E-state index is 6.08. The van der Waals surface area contributed by atoms with Crippen molar-refractivity contribution in [3.8, 4) is 0 Å². The maximum Gasteiger partial charge on any atom is 0.0795 e. The molecule has 5 heteroatoms. The minimum atomic E-state index is -0.120. The third-order valence-electron chi connectivity index (χ3n) is 2.29. The van der Waals surface area contributed by atoms with Crippen molar-refractivity contribution in [2.24, 2.45) is 5.73 Å². The Kier molecular flexibility index (Phi) is 3.82. The Bertz CT molecular complexity index is 471. The molecule has 2 N–H and O–H groups in total. The zero-order valence-electron chi connectivity index (χ0n) is 8.36. The number of benzene rings is 1. The zero-order valence-corrected chi connectivity index (χ0v) is 10.7. The van der Waals surface area contributed by atoms with E-state index in [0.717, 1.165) is 11.3 Å². The molecular formula is C11H10Cl2N2S. The smallest absolute Gasteiger partial charge is 0.0795 e. The first-order valence-electron chi connectivity index (χ1n) is 4.74. The summed E-state index contributed by atoms with van der Waals surface area (Å²) in [5.74, 6) is 0. The highest BCUT2D eigenvalue weighted by Gasteiger charge is 2.11. The van der Waals surface area contributed by atoms with Crippen LogP contribution in [0.3, 0.4) is 0 Å². The predicted molar refractivity (Wildman–Crippen MR) is 69.2 cm³/mol. The van der Waals surface area contributed by atoms with E-state index in [0.29, 0.717) is 16.5 Å². The van der Waals surface area contributed by atoms with Gasteiger partial charge in [0.05, 0.1) is 17.2 Å². The van der Waals surface area contributed by atoms with Crippen LogP contribution in [-0.2, 0) is 6.42 Å². The SMILES string of the molecule is NC(Cc1ccc(Cl)cc1Cl)c1cscn1. The van der Waals surface area contributed by atoms with Gasteiger partial charge in [0.25, 0.3) is 0 Å². The van der Waals surface area contributed by atoms with Crippen molar-refractivity contribution in [3.05, 3.63) is 50.4 Å². The van der Waals surface area contributed by atoms with Crippen molar-refractivity contribution in [1.82, 2.24) is 4.98 Å². The van der Waals surface area contributed by atoms with Crippen molar-refractivity contribution >= 4 is 34.5 Å². The molecule has 1 aromatic heterocycles. The Balaban J connectivity index is 2.15. The summed E-state index contributed by atoms with van der Waals surface area (Å²) in [5, 5.41) is 3.24. The molecular weight excluding hydrogens is 263 g/mol. The molecule has 0 spiro atoms. The quantitative estimate of drug-likeness (QED) is 0.926. The molecule has 0 fully saturated rings. The normalized spacial score (nSPS) is 12.7. The fourth-order valence-corrected chi connectivity index (χ4v) is 2.54. The van der Waals surface area contributed by atoms with E-state index in [1.807, 2.05) is 17.5 Å². The monoisotopic (exact) mass is 272 g/mol. The fourth-order valence-electron chi connectivity index (χ4n) is 1.43. The second-order valence-electron chi connectivity index (χ2n) is 3.46. The highest BCUT2D eigenvalue weighted by molar-refractivity contribution is 7.07.